The first-order valence-corrected chi connectivity index (χ1v) is 6.65. The van der Waals surface area contributed by atoms with Crippen LogP contribution in [0.1, 0.15) is 50.4 Å². The van der Waals surface area contributed by atoms with E-state index in [1.165, 1.54) is 5.56 Å². The molecule has 98 valence electrons. The van der Waals surface area contributed by atoms with E-state index in [2.05, 4.69) is 53.7 Å². The van der Waals surface area contributed by atoms with Gasteiger partial charge in [0, 0.05) is 18.2 Å². The lowest BCUT2D eigenvalue weighted by Crippen LogP contribution is -2.14. The van der Waals surface area contributed by atoms with Crippen LogP contribution in [0.15, 0.2) is 18.3 Å². The number of pyridine rings is 1. The fourth-order valence-corrected chi connectivity index (χ4v) is 2.22. The van der Waals surface area contributed by atoms with Gasteiger partial charge in [-0.25, -0.2) is 0 Å². The van der Waals surface area contributed by atoms with Crippen molar-refractivity contribution < 1.29 is 0 Å². The highest BCUT2D eigenvalue weighted by atomic mass is 15.2. The van der Waals surface area contributed by atoms with Gasteiger partial charge in [-0.3, -0.25) is 4.40 Å². The van der Waals surface area contributed by atoms with Gasteiger partial charge in [0.05, 0.1) is 0 Å². The maximum Gasteiger partial charge on any atom is 0.161 e. The van der Waals surface area contributed by atoms with Crippen molar-refractivity contribution in [1.29, 1.82) is 0 Å². The molecular formula is C14H22N4. The van der Waals surface area contributed by atoms with Gasteiger partial charge in [0.25, 0.3) is 0 Å². The summed E-state index contributed by atoms with van der Waals surface area (Å²) in [7, 11) is 0. The number of nitrogens with two attached hydrogens (primary N) is 1. The molecule has 2 aromatic heterocycles. The van der Waals surface area contributed by atoms with Crippen molar-refractivity contribution in [2.75, 3.05) is 0 Å². The molecule has 0 aliphatic rings. The van der Waals surface area contributed by atoms with E-state index in [-0.39, 0.29) is 6.04 Å². The maximum atomic E-state index is 5.77. The molecule has 2 N–H and O–H groups in total. The number of rotatable bonds is 5. The lowest BCUT2D eigenvalue weighted by atomic mass is 10.0. The van der Waals surface area contributed by atoms with E-state index < -0.39 is 0 Å². The molecule has 0 bridgehead atoms. The van der Waals surface area contributed by atoms with E-state index in [0.29, 0.717) is 5.92 Å². The van der Waals surface area contributed by atoms with E-state index in [9.17, 15) is 0 Å². The molecule has 4 heteroatoms. The van der Waals surface area contributed by atoms with Crippen LogP contribution in [0.4, 0.5) is 0 Å². The number of aromatic nitrogens is 3. The van der Waals surface area contributed by atoms with E-state index in [1.54, 1.807) is 0 Å². The van der Waals surface area contributed by atoms with Gasteiger partial charge in [0.2, 0.25) is 0 Å². The van der Waals surface area contributed by atoms with E-state index in [4.69, 9.17) is 5.73 Å². The number of fused-ring (bicyclic) bond motifs is 1. The molecule has 0 amide bonds. The number of nitrogens with zero attached hydrogens (tertiary/aromatic N) is 3. The lowest BCUT2D eigenvalue weighted by Gasteiger charge is -2.10. The molecule has 0 spiro atoms. The fraction of sp³-hybridized carbons (Fsp3) is 0.571. The van der Waals surface area contributed by atoms with Gasteiger partial charge in [-0.05, 0) is 44.4 Å². The third kappa shape index (κ3) is 2.88. The Morgan fingerprint density at radius 3 is 2.78 bits per heavy atom. The Bertz CT molecular complexity index is 515. The zero-order valence-electron chi connectivity index (χ0n) is 11.4. The first-order chi connectivity index (χ1) is 8.58. The van der Waals surface area contributed by atoms with Crippen LogP contribution in [0.3, 0.4) is 0 Å². The summed E-state index contributed by atoms with van der Waals surface area (Å²) in [6.45, 7) is 6.33. The lowest BCUT2D eigenvalue weighted by molar-refractivity contribution is 0.540. The highest BCUT2D eigenvalue weighted by Gasteiger charge is 2.13. The summed E-state index contributed by atoms with van der Waals surface area (Å²) >= 11 is 0. The molecule has 2 aromatic rings. The molecule has 0 radical (unpaired) electrons. The first-order valence-electron chi connectivity index (χ1n) is 6.65. The topological polar surface area (TPSA) is 56.2 Å². The van der Waals surface area contributed by atoms with Crippen molar-refractivity contribution in [1.82, 2.24) is 14.6 Å². The number of aryl methyl sites for hydroxylation is 1. The Morgan fingerprint density at radius 1 is 1.28 bits per heavy atom. The minimum Gasteiger partial charge on any atom is -0.328 e. The van der Waals surface area contributed by atoms with E-state index >= 15 is 0 Å². The Balaban J connectivity index is 2.10. The van der Waals surface area contributed by atoms with Crippen LogP contribution in [0.25, 0.3) is 5.65 Å². The second-order valence-corrected chi connectivity index (χ2v) is 5.30. The van der Waals surface area contributed by atoms with E-state index in [0.717, 1.165) is 30.7 Å². The van der Waals surface area contributed by atoms with Gasteiger partial charge in [-0.2, -0.15) is 0 Å². The second kappa shape index (κ2) is 5.48. The van der Waals surface area contributed by atoms with Gasteiger partial charge in [-0.15, -0.1) is 10.2 Å². The molecule has 0 saturated heterocycles. The summed E-state index contributed by atoms with van der Waals surface area (Å²) in [5.41, 5.74) is 7.92. The summed E-state index contributed by atoms with van der Waals surface area (Å²) in [5, 5.41) is 8.55. The standard InChI is InChI=1S/C14H22N4/c1-10-7-8-18-13(9-10)16-17-14(18)11(2)5-4-6-12(3)15/h7-9,11-12H,4-6,15H2,1-3H3. The molecular weight excluding hydrogens is 224 g/mol. The van der Waals surface area contributed by atoms with Crippen LogP contribution in [-0.4, -0.2) is 20.6 Å². The third-order valence-electron chi connectivity index (χ3n) is 3.33. The van der Waals surface area contributed by atoms with Crippen LogP contribution in [-0.2, 0) is 0 Å². The fourth-order valence-electron chi connectivity index (χ4n) is 2.22. The average molecular weight is 246 g/mol. The Labute approximate surface area is 108 Å². The smallest absolute Gasteiger partial charge is 0.161 e. The Hall–Kier alpha value is -1.42. The predicted octanol–water partition coefficient (Wildman–Crippen LogP) is 2.66. The van der Waals surface area contributed by atoms with Crippen molar-refractivity contribution in [3.63, 3.8) is 0 Å². The van der Waals surface area contributed by atoms with Gasteiger partial charge >= 0.3 is 0 Å². The van der Waals surface area contributed by atoms with Crippen molar-refractivity contribution in [3.8, 4) is 0 Å². The molecule has 2 atom stereocenters. The van der Waals surface area contributed by atoms with Gasteiger partial charge < -0.3 is 5.73 Å². The van der Waals surface area contributed by atoms with Crippen LogP contribution < -0.4 is 5.73 Å². The molecule has 4 nitrogen and oxygen atoms in total. The minimum absolute atomic E-state index is 0.287. The molecule has 2 unspecified atom stereocenters. The first kappa shape index (κ1) is 13.0. The van der Waals surface area contributed by atoms with Crippen molar-refractivity contribution in [2.24, 2.45) is 5.73 Å². The third-order valence-corrected chi connectivity index (χ3v) is 3.33. The summed E-state index contributed by atoms with van der Waals surface area (Å²) < 4.78 is 2.09. The van der Waals surface area contributed by atoms with Gasteiger partial charge in [0.15, 0.2) is 5.65 Å². The molecule has 18 heavy (non-hydrogen) atoms. The average Bonchev–Trinajstić information content (AvgIpc) is 2.71. The number of hydrogen-bond acceptors (Lipinski definition) is 3. The highest BCUT2D eigenvalue weighted by molar-refractivity contribution is 5.41. The normalized spacial score (nSPS) is 14.9. The molecule has 0 saturated carbocycles. The minimum atomic E-state index is 0.287. The molecule has 2 rings (SSSR count). The zero-order valence-corrected chi connectivity index (χ0v) is 11.4. The highest BCUT2D eigenvalue weighted by Crippen LogP contribution is 2.21. The predicted molar refractivity (Wildman–Crippen MR) is 73.6 cm³/mol. The monoisotopic (exact) mass is 246 g/mol. The molecule has 0 fully saturated rings. The quantitative estimate of drug-likeness (QED) is 0.882. The van der Waals surface area contributed by atoms with Crippen LogP contribution in [0, 0.1) is 6.92 Å². The van der Waals surface area contributed by atoms with Gasteiger partial charge in [0.1, 0.15) is 5.82 Å². The summed E-state index contributed by atoms with van der Waals surface area (Å²) in [6, 6.07) is 4.44. The van der Waals surface area contributed by atoms with Crippen LogP contribution in [0.2, 0.25) is 0 Å². The SMILES string of the molecule is Cc1ccn2c(C(C)CCCC(C)N)nnc2c1. The Kier molecular flexibility index (Phi) is 3.97. The second-order valence-electron chi connectivity index (χ2n) is 5.30. The van der Waals surface area contributed by atoms with Crippen molar-refractivity contribution in [2.45, 2.75) is 52.0 Å². The van der Waals surface area contributed by atoms with Crippen LogP contribution in [0.5, 0.6) is 0 Å². The van der Waals surface area contributed by atoms with Crippen molar-refractivity contribution in [3.05, 3.63) is 29.7 Å². The van der Waals surface area contributed by atoms with Crippen molar-refractivity contribution >= 4 is 5.65 Å². The van der Waals surface area contributed by atoms with E-state index in [1.807, 2.05) is 0 Å². The molecule has 2 heterocycles. The maximum absolute atomic E-state index is 5.77. The molecule has 0 aliphatic heterocycles. The Morgan fingerprint density at radius 2 is 2.06 bits per heavy atom. The summed E-state index contributed by atoms with van der Waals surface area (Å²) in [6.07, 6.45) is 5.37. The zero-order chi connectivity index (χ0) is 13.1. The molecule has 0 aliphatic carbocycles. The summed E-state index contributed by atoms with van der Waals surface area (Å²) in [5.74, 6) is 1.47. The molecule has 0 aromatic carbocycles. The largest absolute Gasteiger partial charge is 0.328 e. The number of hydrogen-bond donors (Lipinski definition) is 1. The van der Waals surface area contributed by atoms with Gasteiger partial charge in [-0.1, -0.05) is 13.3 Å². The van der Waals surface area contributed by atoms with Crippen LogP contribution >= 0.6 is 0 Å². The summed E-state index contributed by atoms with van der Waals surface area (Å²) in [4.78, 5) is 0.